The van der Waals surface area contributed by atoms with Crippen LogP contribution >= 0.6 is 0 Å². The molecule has 1 aromatic rings. The van der Waals surface area contributed by atoms with Gasteiger partial charge in [0.1, 0.15) is 0 Å². The average Bonchev–Trinajstić information content (AvgIpc) is 2.42. The monoisotopic (exact) mass is 273 g/mol. The first-order chi connectivity index (χ1) is 9.56. The van der Waals surface area contributed by atoms with Crippen molar-refractivity contribution in [3.63, 3.8) is 0 Å². The molecule has 1 aliphatic heterocycles. The summed E-state index contributed by atoms with van der Waals surface area (Å²) in [5, 5.41) is 3.62. The highest BCUT2D eigenvalue weighted by atomic mass is 16.5. The van der Waals surface area contributed by atoms with Gasteiger partial charge in [0, 0.05) is 13.1 Å². The quantitative estimate of drug-likeness (QED) is 0.837. The molecule has 1 atom stereocenters. The Morgan fingerprint density at radius 2 is 1.75 bits per heavy atom. The van der Waals surface area contributed by atoms with E-state index in [0.717, 1.165) is 19.0 Å². The number of rotatable bonds is 1. The molecule has 1 heterocycles. The minimum atomic E-state index is 0.0904. The summed E-state index contributed by atoms with van der Waals surface area (Å²) in [7, 11) is 0. The number of morpholine rings is 1. The van der Waals surface area contributed by atoms with Crippen molar-refractivity contribution in [3.05, 3.63) is 34.9 Å². The number of aryl methyl sites for hydroxylation is 2. The lowest BCUT2D eigenvalue weighted by atomic mass is 9.78. The maximum absolute atomic E-state index is 6.60. The van der Waals surface area contributed by atoms with Crippen molar-refractivity contribution in [2.24, 2.45) is 5.92 Å². The zero-order valence-electron chi connectivity index (χ0n) is 13.0. The molecule has 0 amide bonds. The molecule has 2 aliphatic rings. The van der Waals surface area contributed by atoms with Crippen LogP contribution in [0.3, 0.4) is 0 Å². The lowest BCUT2D eigenvalue weighted by Gasteiger charge is -2.45. The summed E-state index contributed by atoms with van der Waals surface area (Å²) in [4.78, 5) is 0. The molecule has 3 rings (SSSR count). The van der Waals surface area contributed by atoms with Crippen molar-refractivity contribution in [2.45, 2.75) is 58.2 Å². The first-order valence-electron chi connectivity index (χ1n) is 8.03. The molecule has 110 valence electrons. The molecule has 0 bridgehead atoms. The zero-order chi connectivity index (χ0) is 14.2. The Bertz CT molecular complexity index is 454. The Balaban J connectivity index is 1.78. The van der Waals surface area contributed by atoms with Gasteiger partial charge in [0.05, 0.1) is 11.7 Å². The van der Waals surface area contributed by atoms with E-state index >= 15 is 0 Å². The lowest BCUT2D eigenvalue weighted by Crippen LogP contribution is -2.52. The number of hydrogen-bond acceptors (Lipinski definition) is 2. The fourth-order valence-corrected chi connectivity index (χ4v) is 3.78. The third-order valence-electron chi connectivity index (χ3n) is 4.97. The third-order valence-corrected chi connectivity index (χ3v) is 4.97. The van der Waals surface area contributed by atoms with Crippen molar-refractivity contribution in [2.75, 3.05) is 13.1 Å². The summed E-state index contributed by atoms with van der Waals surface area (Å²) < 4.78 is 6.60. The third kappa shape index (κ3) is 2.91. The molecule has 1 unspecified atom stereocenters. The van der Waals surface area contributed by atoms with Gasteiger partial charge in [-0.05, 0) is 51.0 Å². The van der Waals surface area contributed by atoms with Crippen molar-refractivity contribution in [3.8, 4) is 0 Å². The molecule has 1 aromatic carbocycles. The average molecular weight is 273 g/mol. The first kappa shape index (κ1) is 14.1. The van der Waals surface area contributed by atoms with Gasteiger partial charge in [0.15, 0.2) is 0 Å². The van der Waals surface area contributed by atoms with Crippen LogP contribution in [0.5, 0.6) is 0 Å². The molecule has 2 fully saturated rings. The second-order valence-electron chi connectivity index (χ2n) is 7.02. The molecule has 1 saturated carbocycles. The summed E-state index contributed by atoms with van der Waals surface area (Å²) in [5.74, 6) is 0.866. The molecule has 1 spiro atoms. The summed E-state index contributed by atoms with van der Waals surface area (Å²) >= 11 is 0. The van der Waals surface area contributed by atoms with Crippen molar-refractivity contribution in [1.82, 2.24) is 5.32 Å². The van der Waals surface area contributed by atoms with Gasteiger partial charge in [0.25, 0.3) is 0 Å². The molecular formula is C18H27NO. The highest BCUT2D eigenvalue weighted by Gasteiger charge is 2.40. The topological polar surface area (TPSA) is 21.3 Å². The smallest absolute Gasteiger partial charge is 0.0957 e. The lowest BCUT2D eigenvalue weighted by molar-refractivity contribution is -0.140. The van der Waals surface area contributed by atoms with E-state index in [-0.39, 0.29) is 11.7 Å². The standard InChI is InChI=1S/C18H27NO/c1-13-4-6-18(7-5-13)12-19-11-17(20-18)16-9-14(2)8-15(3)10-16/h8-10,13,17,19H,4-7,11-12H2,1-3H3. The Kier molecular flexibility index (Phi) is 3.87. The number of nitrogens with one attached hydrogen (secondary N) is 1. The molecule has 0 radical (unpaired) electrons. The van der Waals surface area contributed by atoms with Gasteiger partial charge >= 0.3 is 0 Å². The highest BCUT2D eigenvalue weighted by Crippen LogP contribution is 2.39. The molecule has 2 heteroatoms. The van der Waals surface area contributed by atoms with E-state index in [1.165, 1.54) is 42.4 Å². The van der Waals surface area contributed by atoms with Gasteiger partial charge < -0.3 is 10.1 Å². The fraction of sp³-hybridized carbons (Fsp3) is 0.667. The molecule has 1 aliphatic carbocycles. The second-order valence-corrected chi connectivity index (χ2v) is 7.02. The van der Waals surface area contributed by atoms with E-state index < -0.39 is 0 Å². The summed E-state index contributed by atoms with van der Waals surface area (Å²) in [5.41, 5.74) is 4.10. The second kappa shape index (κ2) is 5.50. The maximum atomic E-state index is 6.60. The maximum Gasteiger partial charge on any atom is 0.0957 e. The van der Waals surface area contributed by atoms with Crippen molar-refractivity contribution >= 4 is 0 Å². The van der Waals surface area contributed by atoms with Gasteiger partial charge in [-0.3, -0.25) is 0 Å². The van der Waals surface area contributed by atoms with Gasteiger partial charge in [-0.1, -0.05) is 36.2 Å². The van der Waals surface area contributed by atoms with Gasteiger partial charge in [-0.2, -0.15) is 0 Å². The van der Waals surface area contributed by atoms with Crippen LogP contribution in [0.15, 0.2) is 18.2 Å². The largest absolute Gasteiger partial charge is 0.364 e. The minimum Gasteiger partial charge on any atom is -0.364 e. The molecule has 20 heavy (non-hydrogen) atoms. The van der Waals surface area contributed by atoms with Crippen LogP contribution in [0.1, 0.15) is 55.4 Å². The first-order valence-corrected chi connectivity index (χ1v) is 8.03. The van der Waals surface area contributed by atoms with E-state index in [2.05, 4.69) is 44.3 Å². The Hall–Kier alpha value is -0.860. The molecular weight excluding hydrogens is 246 g/mol. The van der Waals surface area contributed by atoms with Crippen LogP contribution in [-0.4, -0.2) is 18.7 Å². The summed E-state index contributed by atoms with van der Waals surface area (Å²) in [6, 6.07) is 6.80. The van der Waals surface area contributed by atoms with E-state index in [0.29, 0.717) is 0 Å². The van der Waals surface area contributed by atoms with Crippen LogP contribution in [0.2, 0.25) is 0 Å². The normalized spacial score (nSPS) is 34.4. The van der Waals surface area contributed by atoms with Gasteiger partial charge in [-0.15, -0.1) is 0 Å². The Labute approximate surface area is 122 Å². The summed E-state index contributed by atoms with van der Waals surface area (Å²) in [6.07, 6.45) is 5.25. The van der Waals surface area contributed by atoms with E-state index in [9.17, 15) is 0 Å². The zero-order valence-corrected chi connectivity index (χ0v) is 13.0. The Morgan fingerprint density at radius 3 is 2.40 bits per heavy atom. The predicted octanol–water partition coefficient (Wildman–Crippen LogP) is 3.91. The van der Waals surface area contributed by atoms with Crippen LogP contribution in [0, 0.1) is 19.8 Å². The fourth-order valence-electron chi connectivity index (χ4n) is 3.78. The number of ether oxygens (including phenoxy) is 1. The molecule has 2 nitrogen and oxygen atoms in total. The minimum absolute atomic E-state index is 0.0904. The van der Waals surface area contributed by atoms with Crippen LogP contribution in [0.25, 0.3) is 0 Å². The van der Waals surface area contributed by atoms with Gasteiger partial charge in [-0.25, -0.2) is 0 Å². The highest BCUT2D eigenvalue weighted by molar-refractivity contribution is 5.30. The van der Waals surface area contributed by atoms with E-state index in [4.69, 9.17) is 4.74 Å². The molecule has 1 N–H and O–H groups in total. The SMILES string of the molecule is Cc1cc(C)cc(C2CNCC3(CCC(C)CC3)O2)c1. The summed E-state index contributed by atoms with van der Waals surface area (Å²) in [6.45, 7) is 8.68. The van der Waals surface area contributed by atoms with Crippen LogP contribution in [-0.2, 0) is 4.74 Å². The van der Waals surface area contributed by atoms with Crippen molar-refractivity contribution in [1.29, 1.82) is 0 Å². The number of hydrogen-bond donors (Lipinski definition) is 1. The predicted molar refractivity (Wildman–Crippen MR) is 83.0 cm³/mol. The Morgan fingerprint density at radius 1 is 1.10 bits per heavy atom. The van der Waals surface area contributed by atoms with Crippen LogP contribution in [0.4, 0.5) is 0 Å². The molecule has 0 aromatic heterocycles. The van der Waals surface area contributed by atoms with Crippen LogP contribution < -0.4 is 5.32 Å². The molecule has 1 saturated heterocycles. The van der Waals surface area contributed by atoms with Gasteiger partial charge in [0.2, 0.25) is 0 Å². The van der Waals surface area contributed by atoms with E-state index in [1.54, 1.807) is 0 Å². The number of benzene rings is 1. The van der Waals surface area contributed by atoms with Crippen molar-refractivity contribution < 1.29 is 4.74 Å². The van der Waals surface area contributed by atoms with E-state index in [1.807, 2.05) is 0 Å².